The molecule has 23 heavy (non-hydrogen) atoms. The van der Waals surface area contributed by atoms with Crippen LogP contribution in [0.3, 0.4) is 0 Å². The second-order valence-electron chi connectivity index (χ2n) is 5.26. The molecule has 0 spiro atoms. The Morgan fingerprint density at radius 3 is 2.96 bits per heavy atom. The van der Waals surface area contributed by atoms with Crippen molar-refractivity contribution in [1.82, 2.24) is 20.1 Å². The number of rotatable bonds is 4. The van der Waals surface area contributed by atoms with E-state index in [-0.39, 0.29) is 5.25 Å². The van der Waals surface area contributed by atoms with Gasteiger partial charge in [0.1, 0.15) is 0 Å². The third kappa shape index (κ3) is 2.75. The normalized spacial score (nSPS) is 12.8. The van der Waals surface area contributed by atoms with Crippen LogP contribution in [0.2, 0.25) is 0 Å². The van der Waals surface area contributed by atoms with Crippen LogP contribution in [-0.2, 0) is 0 Å². The highest BCUT2D eigenvalue weighted by molar-refractivity contribution is 7.99. The molecule has 1 N–H and O–H groups in total. The number of fused-ring (bicyclic) bond motifs is 1. The fraction of sp³-hybridized carbons (Fsp3) is 0.188. The molecule has 0 bridgehead atoms. The zero-order chi connectivity index (χ0) is 15.8. The summed E-state index contributed by atoms with van der Waals surface area (Å²) in [7, 11) is 0. The third-order valence-electron chi connectivity index (χ3n) is 3.44. The molecule has 0 aliphatic carbocycles. The van der Waals surface area contributed by atoms with Gasteiger partial charge >= 0.3 is 0 Å². The molecule has 0 aliphatic rings. The summed E-state index contributed by atoms with van der Waals surface area (Å²) in [4.78, 5) is 12.3. The lowest BCUT2D eigenvalue weighted by atomic mass is 10.2. The Bertz CT molecular complexity index is 942. The molecule has 0 amide bonds. The van der Waals surface area contributed by atoms with Gasteiger partial charge in [-0.15, -0.1) is 0 Å². The van der Waals surface area contributed by atoms with Crippen LogP contribution in [0.5, 0.6) is 0 Å². The van der Waals surface area contributed by atoms with Crippen molar-refractivity contribution in [3.05, 3.63) is 48.0 Å². The van der Waals surface area contributed by atoms with Gasteiger partial charge in [-0.05, 0) is 43.7 Å². The molecule has 3 aromatic heterocycles. The number of aromatic amines is 1. The summed E-state index contributed by atoms with van der Waals surface area (Å²) >= 11 is 1.55. The number of thioether (sulfide) groups is 1. The summed E-state index contributed by atoms with van der Waals surface area (Å²) in [6, 6.07) is 9.74. The van der Waals surface area contributed by atoms with Crippen LogP contribution < -0.4 is 0 Å². The van der Waals surface area contributed by atoms with Crippen molar-refractivity contribution >= 4 is 22.8 Å². The largest absolute Gasteiger partial charge is 0.461 e. The summed E-state index contributed by atoms with van der Waals surface area (Å²) in [5.41, 5.74) is 3.18. The topological polar surface area (TPSA) is 80.7 Å². The number of nitrogens with one attached hydrogen (secondary N) is 1. The predicted octanol–water partition coefficient (Wildman–Crippen LogP) is 4.37. The van der Waals surface area contributed by atoms with Gasteiger partial charge in [-0.1, -0.05) is 23.0 Å². The Kier molecular flexibility index (Phi) is 3.42. The molecule has 4 rings (SSSR count). The standard InChI is InChI=1S/C16H14N4O2S/c1-9-5-6-11-12(8-9)18-16(17-11)23-10(2)15-19-14(20-22-15)13-4-3-7-21-13/h3-8,10H,1-2H3,(H,17,18). The number of nitrogens with zero attached hydrogens (tertiary/aromatic N) is 3. The molecule has 1 aromatic carbocycles. The number of benzene rings is 1. The average molecular weight is 326 g/mol. The lowest BCUT2D eigenvalue weighted by molar-refractivity contribution is 0.379. The quantitative estimate of drug-likeness (QED) is 0.561. The Morgan fingerprint density at radius 1 is 1.22 bits per heavy atom. The van der Waals surface area contributed by atoms with Crippen LogP contribution in [0.1, 0.15) is 23.6 Å². The lowest BCUT2D eigenvalue weighted by Crippen LogP contribution is -1.89. The maximum atomic E-state index is 5.33. The monoisotopic (exact) mass is 326 g/mol. The number of H-pyrrole nitrogens is 1. The SMILES string of the molecule is Cc1ccc2nc(SC(C)c3nc(-c4ccco4)no3)[nH]c2c1. The highest BCUT2D eigenvalue weighted by atomic mass is 32.2. The fourth-order valence-electron chi connectivity index (χ4n) is 2.28. The van der Waals surface area contributed by atoms with E-state index in [1.807, 2.05) is 13.0 Å². The van der Waals surface area contributed by atoms with Crippen molar-refractivity contribution in [1.29, 1.82) is 0 Å². The van der Waals surface area contributed by atoms with Gasteiger partial charge in [-0.2, -0.15) is 4.98 Å². The summed E-state index contributed by atoms with van der Waals surface area (Å²) in [6.07, 6.45) is 1.58. The zero-order valence-corrected chi connectivity index (χ0v) is 13.4. The van der Waals surface area contributed by atoms with E-state index in [9.17, 15) is 0 Å². The van der Waals surface area contributed by atoms with Crippen LogP contribution in [-0.4, -0.2) is 20.1 Å². The Labute approximate surface area is 136 Å². The maximum Gasteiger partial charge on any atom is 0.240 e. The van der Waals surface area contributed by atoms with E-state index in [2.05, 4.69) is 39.2 Å². The molecule has 116 valence electrons. The first kappa shape index (κ1) is 14.1. The van der Waals surface area contributed by atoms with Crippen molar-refractivity contribution in [3.8, 4) is 11.6 Å². The average Bonchev–Trinajstić information content (AvgIpc) is 3.26. The van der Waals surface area contributed by atoms with Crippen molar-refractivity contribution in [3.63, 3.8) is 0 Å². The van der Waals surface area contributed by atoms with E-state index in [1.54, 1.807) is 30.2 Å². The van der Waals surface area contributed by atoms with E-state index in [0.29, 0.717) is 17.5 Å². The first-order valence-corrected chi connectivity index (χ1v) is 8.07. The second kappa shape index (κ2) is 5.58. The number of hydrogen-bond donors (Lipinski definition) is 1. The summed E-state index contributed by atoms with van der Waals surface area (Å²) in [5, 5.41) is 4.76. The van der Waals surface area contributed by atoms with Gasteiger partial charge < -0.3 is 13.9 Å². The smallest absolute Gasteiger partial charge is 0.240 e. The molecule has 0 aliphatic heterocycles. The summed E-state index contributed by atoms with van der Waals surface area (Å²) in [6.45, 7) is 4.06. The van der Waals surface area contributed by atoms with E-state index in [4.69, 9.17) is 8.94 Å². The predicted molar refractivity (Wildman–Crippen MR) is 87.1 cm³/mol. The molecule has 0 fully saturated rings. The van der Waals surface area contributed by atoms with E-state index in [0.717, 1.165) is 16.2 Å². The van der Waals surface area contributed by atoms with Gasteiger partial charge in [0.2, 0.25) is 11.7 Å². The number of aromatic nitrogens is 4. The Morgan fingerprint density at radius 2 is 2.13 bits per heavy atom. The fourth-order valence-corrected chi connectivity index (χ4v) is 3.13. The highest BCUT2D eigenvalue weighted by Gasteiger charge is 2.19. The minimum absolute atomic E-state index is 0.0205. The van der Waals surface area contributed by atoms with E-state index in [1.165, 1.54) is 5.56 Å². The minimum Gasteiger partial charge on any atom is -0.461 e. The second-order valence-corrected chi connectivity index (χ2v) is 6.59. The zero-order valence-electron chi connectivity index (χ0n) is 12.6. The number of imidazole rings is 1. The van der Waals surface area contributed by atoms with Crippen molar-refractivity contribution in [2.24, 2.45) is 0 Å². The Hall–Kier alpha value is -2.54. The molecule has 0 saturated carbocycles. The number of furan rings is 1. The molecule has 6 nitrogen and oxygen atoms in total. The van der Waals surface area contributed by atoms with Gasteiger partial charge in [-0.25, -0.2) is 4.98 Å². The minimum atomic E-state index is -0.0205. The Balaban J connectivity index is 1.55. The molecule has 0 saturated heterocycles. The lowest BCUT2D eigenvalue weighted by Gasteiger charge is -2.02. The summed E-state index contributed by atoms with van der Waals surface area (Å²) in [5.74, 6) is 1.59. The van der Waals surface area contributed by atoms with Gasteiger partial charge in [0.05, 0.1) is 22.5 Å². The molecule has 1 atom stereocenters. The molecule has 4 aromatic rings. The summed E-state index contributed by atoms with van der Waals surface area (Å²) < 4.78 is 10.6. The van der Waals surface area contributed by atoms with Gasteiger partial charge in [0.15, 0.2) is 10.9 Å². The molecule has 0 radical (unpaired) electrons. The molecule has 3 heterocycles. The first-order valence-electron chi connectivity index (χ1n) is 7.19. The molecule has 1 unspecified atom stereocenters. The highest BCUT2D eigenvalue weighted by Crippen LogP contribution is 2.34. The van der Waals surface area contributed by atoms with Gasteiger partial charge in [-0.3, -0.25) is 0 Å². The van der Waals surface area contributed by atoms with Crippen LogP contribution in [0, 0.1) is 6.92 Å². The van der Waals surface area contributed by atoms with Gasteiger partial charge in [0.25, 0.3) is 0 Å². The van der Waals surface area contributed by atoms with Crippen LogP contribution in [0.4, 0.5) is 0 Å². The van der Waals surface area contributed by atoms with E-state index < -0.39 is 0 Å². The van der Waals surface area contributed by atoms with Gasteiger partial charge in [0, 0.05) is 0 Å². The third-order valence-corrected chi connectivity index (χ3v) is 4.41. The van der Waals surface area contributed by atoms with Crippen molar-refractivity contribution in [2.45, 2.75) is 24.3 Å². The van der Waals surface area contributed by atoms with Crippen molar-refractivity contribution < 1.29 is 8.94 Å². The number of aryl methyl sites for hydroxylation is 1. The molecule has 7 heteroatoms. The molecular formula is C16H14N4O2S. The van der Waals surface area contributed by atoms with Crippen molar-refractivity contribution in [2.75, 3.05) is 0 Å². The number of hydrogen-bond acceptors (Lipinski definition) is 6. The molecular weight excluding hydrogens is 312 g/mol. The van der Waals surface area contributed by atoms with Crippen LogP contribution >= 0.6 is 11.8 Å². The first-order chi connectivity index (χ1) is 11.2. The van der Waals surface area contributed by atoms with Crippen LogP contribution in [0.15, 0.2) is 50.7 Å². The maximum absolute atomic E-state index is 5.33. The van der Waals surface area contributed by atoms with Crippen LogP contribution in [0.25, 0.3) is 22.6 Å². The van der Waals surface area contributed by atoms with E-state index >= 15 is 0 Å².